The normalized spacial score (nSPS) is 25.4. The molecule has 0 aromatic carbocycles. The number of aryl methyl sites for hydroxylation is 1. The van der Waals surface area contributed by atoms with Gasteiger partial charge in [-0.15, -0.1) is 0 Å². The van der Waals surface area contributed by atoms with Crippen molar-refractivity contribution in [2.24, 2.45) is 5.92 Å². The molecule has 0 spiro atoms. The Morgan fingerprint density at radius 3 is 3.10 bits per heavy atom. The number of hydrogen-bond donors (Lipinski definition) is 1. The van der Waals surface area contributed by atoms with Crippen molar-refractivity contribution in [2.75, 3.05) is 18.0 Å². The van der Waals surface area contributed by atoms with Gasteiger partial charge >= 0.3 is 0 Å². The largest absolute Gasteiger partial charge is 0.356 e. The lowest BCUT2D eigenvalue weighted by molar-refractivity contribution is -0.124. The molecule has 3 heterocycles. The van der Waals surface area contributed by atoms with Crippen LogP contribution in [0.15, 0.2) is 10.7 Å². The molecule has 0 radical (unpaired) electrons. The molecule has 114 valence electrons. The summed E-state index contributed by atoms with van der Waals surface area (Å²) in [4.78, 5) is 22.9. The van der Waals surface area contributed by atoms with Gasteiger partial charge in [-0.2, -0.15) is 0 Å². The number of halogens is 1. The molecule has 2 aliphatic rings. The minimum atomic E-state index is 0.208. The summed E-state index contributed by atoms with van der Waals surface area (Å²) in [6, 6.07) is 2.35. The molecule has 3 rings (SSSR count). The summed E-state index contributed by atoms with van der Waals surface area (Å²) in [6.45, 7) is 4.05. The predicted octanol–water partition coefficient (Wildman–Crippen LogP) is 2.30. The SMILES string of the molecule is CCCc1nc(Br)cc(N2CCC3NC(=O)CCC3C2)n1. The lowest BCUT2D eigenvalue weighted by Crippen LogP contribution is -2.54. The van der Waals surface area contributed by atoms with Crippen molar-refractivity contribution >= 4 is 27.7 Å². The molecule has 1 N–H and O–H groups in total. The average Bonchev–Trinajstić information content (AvgIpc) is 2.46. The summed E-state index contributed by atoms with van der Waals surface area (Å²) in [7, 11) is 0. The van der Waals surface area contributed by atoms with Crippen LogP contribution in [0, 0.1) is 5.92 Å². The highest BCUT2D eigenvalue weighted by Gasteiger charge is 2.34. The minimum Gasteiger partial charge on any atom is -0.356 e. The van der Waals surface area contributed by atoms with E-state index in [0.717, 1.165) is 55.0 Å². The summed E-state index contributed by atoms with van der Waals surface area (Å²) in [6.07, 6.45) is 4.60. The van der Waals surface area contributed by atoms with Crippen LogP contribution < -0.4 is 10.2 Å². The van der Waals surface area contributed by atoms with E-state index in [1.165, 1.54) is 0 Å². The van der Waals surface area contributed by atoms with Crippen molar-refractivity contribution in [2.45, 2.75) is 45.1 Å². The van der Waals surface area contributed by atoms with E-state index in [0.29, 0.717) is 18.4 Å². The molecule has 2 unspecified atom stereocenters. The van der Waals surface area contributed by atoms with Crippen molar-refractivity contribution in [3.05, 3.63) is 16.5 Å². The highest BCUT2D eigenvalue weighted by Crippen LogP contribution is 2.28. The van der Waals surface area contributed by atoms with E-state index in [9.17, 15) is 4.79 Å². The zero-order valence-electron chi connectivity index (χ0n) is 12.3. The standard InChI is InChI=1S/C15H21BrN4O/c1-2-3-13-18-12(16)8-14(19-13)20-7-6-11-10(9-20)4-5-15(21)17-11/h8,10-11H,2-7,9H2,1H3,(H,17,21). The number of hydrogen-bond acceptors (Lipinski definition) is 4. The van der Waals surface area contributed by atoms with E-state index in [1.54, 1.807) is 0 Å². The summed E-state index contributed by atoms with van der Waals surface area (Å²) in [5.74, 6) is 2.66. The number of rotatable bonds is 3. The molecule has 1 aromatic heterocycles. The Labute approximate surface area is 133 Å². The van der Waals surface area contributed by atoms with E-state index in [-0.39, 0.29) is 5.91 Å². The molecular weight excluding hydrogens is 332 g/mol. The molecule has 6 heteroatoms. The molecule has 5 nitrogen and oxygen atoms in total. The number of nitrogens with zero attached hydrogens (tertiary/aromatic N) is 3. The van der Waals surface area contributed by atoms with Gasteiger partial charge in [0.25, 0.3) is 0 Å². The lowest BCUT2D eigenvalue weighted by atomic mass is 9.85. The average molecular weight is 353 g/mol. The van der Waals surface area contributed by atoms with Gasteiger partial charge in [0.15, 0.2) is 0 Å². The first-order chi connectivity index (χ1) is 10.2. The number of nitrogens with one attached hydrogen (secondary N) is 1. The van der Waals surface area contributed by atoms with Gasteiger partial charge in [-0.3, -0.25) is 4.79 Å². The lowest BCUT2D eigenvalue weighted by Gasteiger charge is -2.41. The maximum Gasteiger partial charge on any atom is 0.220 e. The van der Waals surface area contributed by atoms with Gasteiger partial charge in [-0.05, 0) is 41.1 Å². The smallest absolute Gasteiger partial charge is 0.220 e. The van der Waals surface area contributed by atoms with Crippen LogP contribution >= 0.6 is 15.9 Å². The van der Waals surface area contributed by atoms with Crippen molar-refractivity contribution < 1.29 is 4.79 Å². The van der Waals surface area contributed by atoms with E-state index in [4.69, 9.17) is 4.98 Å². The minimum absolute atomic E-state index is 0.208. The first kappa shape index (κ1) is 14.8. The number of fused-ring (bicyclic) bond motifs is 1. The van der Waals surface area contributed by atoms with Crippen LogP contribution in [0.2, 0.25) is 0 Å². The zero-order valence-corrected chi connectivity index (χ0v) is 13.9. The third kappa shape index (κ3) is 3.36. The number of carbonyl (C=O) groups excluding carboxylic acids is 1. The monoisotopic (exact) mass is 352 g/mol. The van der Waals surface area contributed by atoms with E-state index >= 15 is 0 Å². The summed E-state index contributed by atoms with van der Waals surface area (Å²) in [5, 5.41) is 3.13. The van der Waals surface area contributed by atoms with Gasteiger partial charge in [-0.1, -0.05) is 6.92 Å². The molecule has 1 aromatic rings. The topological polar surface area (TPSA) is 58.1 Å². The molecule has 2 atom stereocenters. The van der Waals surface area contributed by atoms with Crippen molar-refractivity contribution in [1.82, 2.24) is 15.3 Å². The van der Waals surface area contributed by atoms with Crippen LogP contribution in [-0.4, -0.2) is 35.0 Å². The fourth-order valence-electron chi connectivity index (χ4n) is 3.27. The van der Waals surface area contributed by atoms with Crippen LogP contribution in [-0.2, 0) is 11.2 Å². The Kier molecular flexibility index (Phi) is 4.42. The van der Waals surface area contributed by atoms with Gasteiger partial charge in [0.2, 0.25) is 5.91 Å². The Hall–Kier alpha value is -1.17. The molecular formula is C15H21BrN4O. The third-order valence-electron chi connectivity index (χ3n) is 4.35. The molecule has 2 saturated heterocycles. The Morgan fingerprint density at radius 1 is 1.43 bits per heavy atom. The van der Waals surface area contributed by atoms with Crippen LogP contribution in [0.5, 0.6) is 0 Å². The fourth-order valence-corrected chi connectivity index (χ4v) is 3.68. The maximum absolute atomic E-state index is 11.5. The van der Waals surface area contributed by atoms with Crippen LogP contribution in [0.4, 0.5) is 5.82 Å². The van der Waals surface area contributed by atoms with Gasteiger partial charge < -0.3 is 10.2 Å². The summed E-state index contributed by atoms with van der Waals surface area (Å²) >= 11 is 3.49. The molecule has 2 fully saturated rings. The molecule has 0 saturated carbocycles. The molecule has 1 amide bonds. The Bertz CT molecular complexity index is 536. The zero-order chi connectivity index (χ0) is 14.8. The Balaban J connectivity index is 1.74. The van der Waals surface area contributed by atoms with Crippen LogP contribution in [0.3, 0.4) is 0 Å². The number of anilines is 1. The highest BCUT2D eigenvalue weighted by atomic mass is 79.9. The van der Waals surface area contributed by atoms with Crippen molar-refractivity contribution in [3.8, 4) is 0 Å². The highest BCUT2D eigenvalue weighted by molar-refractivity contribution is 9.10. The number of carbonyl (C=O) groups is 1. The van der Waals surface area contributed by atoms with Crippen molar-refractivity contribution in [3.63, 3.8) is 0 Å². The summed E-state index contributed by atoms with van der Waals surface area (Å²) in [5.41, 5.74) is 0. The van der Waals surface area contributed by atoms with Gasteiger partial charge in [0, 0.05) is 38.0 Å². The maximum atomic E-state index is 11.5. The van der Waals surface area contributed by atoms with Gasteiger partial charge in [0.05, 0.1) is 0 Å². The quantitative estimate of drug-likeness (QED) is 0.848. The van der Waals surface area contributed by atoms with E-state index in [2.05, 4.69) is 38.1 Å². The fraction of sp³-hybridized carbons (Fsp3) is 0.667. The molecule has 0 bridgehead atoms. The number of piperidine rings is 2. The second-order valence-corrected chi connectivity index (χ2v) is 6.74. The molecule has 21 heavy (non-hydrogen) atoms. The van der Waals surface area contributed by atoms with Crippen molar-refractivity contribution in [1.29, 1.82) is 0 Å². The first-order valence-corrected chi connectivity index (χ1v) is 8.52. The third-order valence-corrected chi connectivity index (χ3v) is 4.75. The van der Waals surface area contributed by atoms with Crippen LogP contribution in [0.25, 0.3) is 0 Å². The predicted molar refractivity (Wildman–Crippen MR) is 85.2 cm³/mol. The van der Waals surface area contributed by atoms with E-state index in [1.807, 2.05) is 6.07 Å². The Morgan fingerprint density at radius 2 is 2.29 bits per heavy atom. The number of aromatic nitrogens is 2. The van der Waals surface area contributed by atoms with Crippen LogP contribution in [0.1, 0.15) is 38.4 Å². The van der Waals surface area contributed by atoms with Gasteiger partial charge in [0.1, 0.15) is 16.2 Å². The second kappa shape index (κ2) is 6.30. The molecule has 0 aliphatic carbocycles. The first-order valence-electron chi connectivity index (χ1n) is 7.73. The van der Waals surface area contributed by atoms with Gasteiger partial charge in [-0.25, -0.2) is 9.97 Å². The van der Waals surface area contributed by atoms with E-state index < -0.39 is 0 Å². The summed E-state index contributed by atoms with van der Waals surface area (Å²) < 4.78 is 0.857. The molecule has 2 aliphatic heterocycles. The second-order valence-electron chi connectivity index (χ2n) is 5.92. The number of amides is 1.